The number of benzene rings is 9. The van der Waals surface area contributed by atoms with Gasteiger partial charge in [0.1, 0.15) is 16.7 Å². The van der Waals surface area contributed by atoms with Crippen molar-refractivity contribution in [2.24, 2.45) is 0 Å². The van der Waals surface area contributed by atoms with Crippen LogP contribution < -0.4 is 20.6 Å². The highest BCUT2D eigenvalue weighted by Crippen LogP contribution is 2.65. The summed E-state index contributed by atoms with van der Waals surface area (Å²) >= 11 is 0. The summed E-state index contributed by atoms with van der Waals surface area (Å²) in [6.07, 6.45) is 0. The molecule has 66 heavy (non-hydrogen) atoms. The molecular formula is C61H41BN2O2. The lowest BCUT2D eigenvalue weighted by Crippen LogP contribution is -2.63. The Morgan fingerprint density at radius 2 is 1.08 bits per heavy atom. The number of nitrogens with zero attached hydrogens (tertiary/aromatic N) is 2. The second kappa shape index (κ2) is 12.6. The van der Waals surface area contributed by atoms with Gasteiger partial charge in [-0.05, 0) is 91.3 Å². The summed E-state index contributed by atoms with van der Waals surface area (Å²) in [6.45, 7) is 6.62. The number of para-hydroxylation sites is 4. The summed E-state index contributed by atoms with van der Waals surface area (Å²) in [5.41, 5.74) is 22.7. The monoisotopic (exact) mass is 844 g/mol. The van der Waals surface area contributed by atoms with Crippen molar-refractivity contribution in [1.29, 1.82) is 0 Å². The normalized spacial score (nSPS) is 14.6. The van der Waals surface area contributed by atoms with Gasteiger partial charge in [0.25, 0.3) is 0 Å². The zero-order valence-electron chi connectivity index (χ0n) is 36.8. The Labute approximate surface area is 383 Å². The molecule has 1 aliphatic carbocycles. The first-order valence-electron chi connectivity index (χ1n) is 23.1. The quantitative estimate of drug-likeness (QED) is 0.162. The molecule has 3 aliphatic heterocycles. The third-order valence-corrected chi connectivity index (χ3v) is 15.2. The fourth-order valence-electron chi connectivity index (χ4n) is 12.6. The van der Waals surface area contributed by atoms with E-state index in [1.54, 1.807) is 0 Å². The van der Waals surface area contributed by atoms with Gasteiger partial charge in [0.15, 0.2) is 0 Å². The number of rotatable bonds is 2. The van der Waals surface area contributed by atoms with Crippen LogP contribution in [0.4, 0.5) is 28.6 Å². The van der Waals surface area contributed by atoms with Gasteiger partial charge < -0.3 is 13.6 Å². The van der Waals surface area contributed by atoms with Crippen molar-refractivity contribution in [2.45, 2.75) is 31.6 Å². The molecule has 0 N–H and O–H groups in total. The first-order valence-corrected chi connectivity index (χ1v) is 23.1. The highest BCUT2D eigenvalue weighted by Gasteiger charge is 2.57. The molecule has 0 saturated carbocycles. The van der Waals surface area contributed by atoms with Crippen LogP contribution in [0.3, 0.4) is 0 Å². The molecular weight excluding hydrogens is 803 g/mol. The van der Waals surface area contributed by atoms with Crippen LogP contribution in [-0.4, -0.2) is 6.85 Å². The first-order chi connectivity index (χ1) is 32.4. The Morgan fingerprint density at radius 1 is 0.455 bits per heavy atom. The maximum Gasteiger partial charge on any atom is 0.337 e. The van der Waals surface area contributed by atoms with E-state index >= 15 is 0 Å². The van der Waals surface area contributed by atoms with Gasteiger partial charge in [-0.2, -0.15) is 0 Å². The Balaban J connectivity index is 1.14. The molecule has 2 aromatic heterocycles. The van der Waals surface area contributed by atoms with Gasteiger partial charge in [-0.15, -0.1) is 0 Å². The number of anilines is 5. The van der Waals surface area contributed by atoms with Crippen LogP contribution in [-0.2, 0) is 10.8 Å². The van der Waals surface area contributed by atoms with Crippen LogP contribution in [0.5, 0.6) is 0 Å². The van der Waals surface area contributed by atoms with Crippen molar-refractivity contribution < 1.29 is 8.83 Å². The number of fused-ring (bicyclic) bond motifs is 19. The molecule has 9 aromatic carbocycles. The molecule has 11 aromatic rings. The average molecular weight is 845 g/mol. The van der Waals surface area contributed by atoms with Crippen LogP contribution in [0.15, 0.2) is 203 Å². The summed E-state index contributed by atoms with van der Waals surface area (Å²) in [5.74, 6) is 0.825. The molecule has 0 atom stereocenters. The maximum atomic E-state index is 7.34. The number of furan rings is 2. The molecule has 15 rings (SSSR count). The van der Waals surface area contributed by atoms with E-state index in [-0.39, 0.29) is 12.3 Å². The van der Waals surface area contributed by atoms with E-state index < -0.39 is 5.41 Å². The van der Waals surface area contributed by atoms with Crippen molar-refractivity contribution >= 4 is 79.3 Å². The molecule has 0 fully saturated rings. The molecule has 1 spiro atoms. The van der Waals surface area contributed by atoms with Gasteiger partial charge in [-0.25, -0.2) is 0 Å². The van der Waals surface area contributed by atoms with Gasteiger partial charge in [0.2, 0.25) is 5.88 Å². The molecule has 0 bridgehead atoms. The van der Waals surface area contributed by atoms with Crippen molar-refractivity contribution in [2.75, 3.05) is 9.71 Å². The molecule has 310 valence electrons. The first kappa shape index (κ1) is 36.3. The molecule has 4 aliphatic rings. The molecule has 0 amide bonds. The second-order valence-electron chi connectivity index (χ2n) is 19.5. The van der Waals surface area contributed by atoms with E-state index in [9.17, 15) is 0 Å². The lowest BCUT2D eigenvalue weighted by Gasteiger charge is -2.51. The van der Waals surface area contributed by atoms with E-state index in [0.717, 1.165) is 66.8 Å². The van der Waals surface area contributed by atoms with Gasteiger partial charge in [0, 0.05) is 50.2 Å². The van der Waals surface area contributed by atoms with Gasteiger partial charge in [0.05, 0.1) is 16.8 Å². The Morgan fingerprint density at radius 3 is 1.83 bits per heavy atom. The zero-order chi connectivity index (χ0) is 43.6. The molecule has 0 unspecified atom stereocenters. The second-order valence-corrected chi connectivity index (χ2v) is 19.5. The Kier molecular flexibility index (Phi) is 6.95. The standard InChI is InChI=1S/C61H41BN2O2/c1-60(2,3)37-32-33-48(43(34-37)36-18-5-4-6-19-36)63-50-35-53-54(40-22-9-15-30-51(40)65-53)55-42-24-17-28-47-58(42)64(62(57(50)55)56-41-23-10-16-31-52(41)66-59(56)63)49-29-14-13-27-46(49)61(47)44-25-11-7-20-38(44)39-21-8-12-26-45(39)61/h4-35H,1-3H3. The van der Waals surface area contributed by atoms with Crippen LogP contribution in [0.2, 0.25) is 0 Å². The summed E-state index contributed by atoms with van der Waals surface area (Å²) in [4.78, 5) is 5.11. The third kappa shape index (κ3) is 4.41. The van der Waals surface area contributed by atoms with Crippen LogP contribution in [0, 0.1) is 0 Å². The van der Waals surface area contributed by atoms with E-state index in [1.807, 2.05) is 0 Å². The Hall–Kier alpha value is -8.02. The van der Waals surface area contributed by atoms with E-state index in [2.05, 4.69) is 225 Å². The summed E-state index contributed by atoms with van der Waals surface area (Å²) in [6, 6.07) is 71.8. The lowest BCUT2D eigenvalue weighted by molar-refractivity contribution is 0.590. The summed E-state index contributed by atoms with van der Waals surface area (Å²) < 4.78 is 14.4. The fraction of sp³-hybridized carbons (Fsp3) is 0.0820. The predicted octanol–water partition coefficient (Wildman–Crippen LogP) is 14.7. The zero-order valence-corrected chi connectivity index (χ0v) is 36.8. The topological polar surface area (TPSA) is 32.8 Å². The predicted molar refractivity (Wildman–Crippen MR) is 272 cm³/mol. The Bertz CT molecular complexity index is 3860. The minimum Gasteiger partial charge on any atom is -0.456 e. The van der Waals surface area contributed by atoms with Gasteiger partial charge >= 0.3 is 6.85 Å². The van der Waals surface area contributed by atoms with Crippen LogP contribution in [0.1, 0.15) is 48.6 Å². The largest absolute Gasteiger partial charge is 0.456 e. The number of hydrogen-bond donors (Lipinski definition) is 0. The molecule has 0 saturated heterocycles. The SMILES string of the molecule is CC(C)(C)c1ccc(N2c3cc4oc5ccccc5c4c4c3B(c3c2oc2ccccc32)N2c3ccccc3C3(c5ccccc5-c5ccccc53)c3cccc-4c32)c(-c2ccccc2)c1. The summed E-state index contributed by atoms with van der Waals surface area (Å²) in [5, 5.41) is 3.37. The highest BCUT2D eigenvalue weighted by molar-refractivity contribution is 6.95. The van der Waals surface area contributed by atoms with E-state index in [0.29, 0.717) is 0 Å². The summed E-state index contributed by atoms with van der Waals surface area (Å²) in [7, 11) is 0. The number of hydrogen-bond acceptors (Lipinski definition) is 4. The molecule has 5 heterocycles. The van der Waals surface area contributed by atoms with Crippen molar-refractivity contribution in [3.05, 3.63) is 222 Å². The van der Waals surface area contributed by atoms with Crippen LogP contribution >= 0.6 is 0 Å². The highest BCUT2D eigenvalue weighted by atomic mass is 16.4. The average Bonchev–Trinajstić information content (AvgIpc) is 4.02. The van der Waals surface area contributed by atoms with E-state index in [4.69, 9.17) is 8.83 Å². The minimum atomic E-state index is -0.556. The smallest absolute Gasteiger partial charge is 0.337 e. The van der Waals surface area contributed by atoms with Gasteiger partial charge in [-0.1, -0.05) is 178 Å². The molecule has 0 radical (unpaired) electrons. The van der Waals surface area contributed by atoms with E-state index in [1.165, 1.54) is 66.9 Å². The molecule has 4 nitrogen and oxygen atoms in total. The maximum absolute atomic E-state index is 7.34. The van der Waals surface area contributed by atoms with Crippen molar-refractivity contribution in [1.82, 2.24) is 0 Å². The van der Waals surface area contributed by atoms with Crippen molar-refractivity contribution in [3.8, 4) is 33.4 Å². The third-order valence-electron chi connectivity index (χ3n) is 15.2. The van der Waals surface area contributed by atoms with Crippen molar-refractivity contribution in [3.63, 3.8) is 0 Å². The molecule has 5 heteroatoms. The fourth-order valence-corrected chi connectivity index (χ4v) is 12.6. The minimum absolute atomic E-state index is 0.0628. The van der Waals surface area contributed by atoms with Crippen LogP contribution in [0.25, 0.3) is 66.3 Å². The van der Waals surface area contributed by atoms with Gasteiger partial charge in [-0.3, -0.25) is 4.90 Å². The lowest BCUT2D eigenvalue weighted by atomic mass is 9.42.